The number of H-pyrrole nitrogens is 4. The number of nitrogens with one attached hydrogen (secondary N) is 5. The predicted molar refractivity (Wildman–Crippen MR) is 234 cm³/mol. The molecule has 0 unspecified atom stereocenters. The summed E-state index contributed by atoms with van der Waals surface area (Å²) in [4.78, 5) is 91.3. The van der Waals surface area contributed by atoms with Gasteiger partial charge in [0.2, 0.25) is 11.8 Å². The number of carbonyl (C=O) groups is 4. The third-order valence-corrected chi connectivity index (χ3v) is 9.43. The van der Waals surface area contributed by atoms with E-state index in [1.165, 1.54) is 30.5 Å². The molecular formula is C44H54KN8O6PU. The van der Waals surface area contributed by atoms with Gasteiger partial charge in [-0.1, -0.05) is 77.9 Å². The minimum Gasteiger partial charge on any atom is -0.577 e. The number of hydrogen-bond donors (Lipinski definition) is 5. The molecule has 2 aromatic carbocycles. The maximum Gasteiger partial charge on any atom is 1.00 e. The monoisotopic (exact) mass is 1100 g/mol. The predicted octanol–water partition coefficient (Wildman–Crippen LogP) is 1.36. The van der Waals surface area contributed by atoms with Gasteiger partial charge in [0.05, 0.1) is 24.0 Å². The number of rotatable bonds is 4. The van der Waals surface area contributed by atoms with Crippen LogP contribution >= 0.6 is 9.90 Å². The first-order valence-corrected chi connectivity index (χ1v) is 18.7. The molecule has 3 amide bonds. The summed E-state index contributed by atoms with van der Waals surface area (Å²) in [5.74, 6) is -1.38. The molecule has 14 nitrogen and oxygen atoms in total. The van der Waals surface area contributed by atoms with Crippen molar-refractivity contribution in [3.05, 3.63) is 142 Å². The molecule has 3 aromatic heterocycles. The van der Waals surface area contributed by atoms with E-state index in [4.69, 9.17) is 0 Å². The number of aromatic amines is 4. The van der Waals surface area contributed by atoms with E-state index < -0.39 is 17.7 Å². The summed E-state index contributed by atoms with van der Waals surface area (Å²) in [5, 5.41) is 2.89. The van der Waals surface area contributed by atoms with Gasteiger partial charge in [-0.05, 0) is 73.7 Å². The van der Waals surface area contributed by atoms with Crippen LogP contribution in [-0.2, 0) is 25.2 Å². The van der Waals surface area contributed by atoms with Gasteiger partial charge in [-0.15, -0.1) is 0 Å². The molecule has 0 spiro atoms. The number of amides is 3. The van der Waals surface area contributed by atoms with Crippen molar-refractivity contribution in [3.8, 4) is 0 Å². The van der Waals surface area contributed by atoms with Gasteiger partial charge in [0.15, 0.2) is 0 Å². The number of aldehydes is 1. The standard InChI is InChI=1S/C21H24N4O2.C14H18N4O3.C9H10O.K.H2P.U/c1-12-6-7-14(8-13(12)2)9-16-19(26)25-17(20(27)24-16)10-15-18(21(3,4)5)23-11-22-15;1-8(19)18-6-11(20)17-10(13(18)21)5-9-12(14(2,3)4)16-7-15-9;1-7-4-3-5-9(6-10)8(7)2;;;/h6-11H,1-5H3,(H,22,23)(H,24,27)(H,25,26);5,7H,6H2,1-4H3,(H,15,16)(H,17,20);3-6H,1-2H3;;1H2;/q;;;+1;-1;/b16-9-,17-10-;10-5-;;;;. The molecule has 17 heteroatoms. The summed E-state index contributed by atoms with van der Waals surface area (Å²) < 4.78 is 0. The average molecular weight is 1100 g/mol. The number of imide groups is 1. The second-order valence-electron chi connectivity index (χ2n) is 16.1. The van der Waals surface area contributed by atoms with E-state index >= 15 is 0 Å². The zero-order valence-electron chi connectivity index (χ0n) is 37.0. The summed E-state index contributed by atoms with van der Waals surface area (Å²) in [6.07, 6.45) is 8.77. The smallest absolute Gasteiger partial charge is 0.577 e. The van der Waals surface area contributed by atoms with Gasteiger partial charge in [-0.3, -0.25) is 33.7 Å². The van der Waals surface area contributed by atoms with Crippen molar-refractivity contribution in [3.63, 3.8) is 0 Å². The van der Waals surface area contributed by atoms with Crippen LogP contribution in [0, 0.1) is 58.8 Å². The summed E-state index contributed by atoms with van der Waals surface area (Å²) in [5.41, 5.74) is 8.13. The molecule has 1 saturated heterocycles. The van der Waals surface area contributed by atoms with Crippen LogP contribution in [-0.4, -0.2) is 65.4 Å². The van der Waals surface area contributed by atoms with Crippen molar-refractivity contribution in [2.75, 3.05) is 6.54 Å². The Bertz CT molecular complexity index is 2650. The Hall–Kier alpha value is -3.58. The van der Waals surface area contributed by atoms with Crippen molar-refractivity contribution in [1.29, 1.82) is 0 Å². The first kappa shape index (κ1) is 55.4. The van der Waals surface area contributed by atoms with Gasteiger partial charge in [-0.2, -0.15) is 0 Å². The van der Waals surface area contributed by atoms with Crippen molar-refractivity contribution >= 4 is 52.1 Å². The van der Waals surface area contributed by atoms with E-state index in [1.54, 1.807) is 18.5 Å². The molecule has 4 heterocycles. The van der Waals surface area contributed by atoms with Crippen LogP contribution < -0.4 is 78.5 Å². The van der Waals surface area contributed by atoms with Gasteiger partial charge in [0, 0.05) is 65.8 Å². The SMILES string of the molecule is CC(=O)N1CC(=O)N/C(=C\c2nc[nH]c2C(C)(C)C)C1=O.Cc1ccc(/C=c2\[nH]c(=O)/c(=C/c3nc[nH]c3C(C)(C)C)[nH]c2=O)cc1C.Cc1cccc(C=O)c1C.[K+].[PH2-].[U]. The summed E-state index contributed by atoms with van der Waals surface area (Å²) in [6.45, 7) is 21.2. The molecule has 1 aliphatic heterocycles. The van der Waals surface area contributed by atoms with Crippen molar-refractivity contribution in [1.82, 2.24) is 40.1 Å². The summed E-state index contributed by atoms with van der Waals surface area (Å²) >= 11 is 0. The Morgan fingerprint density at radius 2 is 1.26 bits per heavy atom. The minimum absolute atomic E-state index is 0. The zero-order valence-corrected chi connectivity index (χ0v) is 45.4. The summed E-state index contributed by atoms with van der Waals surface area (Å²) in [7, 11) is 0. The van der Waals surface area contributed by atoms with Crippen LogP contribution in [0.4, 0.5) is 0 Å². The molecule has 5 N–H and O–H groups in total. The minimum atomic E-state index is -0.523. The molecule has 61 heavy (non-hydrogen) atoms. The Morgan fingerprint density at radius 3 is 1.74 bits per heavy atom. The maximum atomic E-state index is 12.5. The van der Waals surface area contributed by atoms with E-state index in [2.05, 4.69) is 35.2 Å². The summed E-state index contributed by atoms with van der Waals surface area (Å²) in [6, 6.07) is 11.6. The van der Waals surface area contributed by atoms with Gasteiger partial charge in [0.1, 0.15) is 29.2 Å². The molecule has 0 aliphatic carbocycles. The van der Waals surface area contributed by atoms with E-state index in [-0.39, 0.29) is 137 Å². The van der Waals surface area contributed by atoms with Crippen LogP contribution in [0.25, 0.3) is 18.2 Å². The van der Waals surface area contributed by atoms with E-state index in [1.807, 2.05) is 106 Å². The van der Waals surface area contributed by atoms with Crippen LogP contribution in [0.3, 0.4) is 0 Å². The average Bonchev–Trinajstić information content (AvgIpc) is 3.82. The zero-order chi connectivity index (χ0) is 43.1. The van der Waals surface area contributed by atoms with E-state index in [0.717, 1.165) is 44.8 Å². The molecule has 6 rings (SSSR count). The fourth-order valence-corrected chi connectivity index (χ4v) is 5.88. The largest absolute Gasteiger partial charge is 1.00 e. The Balaban J connectivity index is 0.000000488. The topological polar surface area (TPSA) is 207 Å². The molecule has 1 aliphatic rings. The number of piperazine rings is 1. The van der Waals surface area contributed by atoms with Crippen molar-refractivity contribution in [2.45, 2.75) is 87.0 Å². The second-order valence-corrected chi connectivity index (χ2v) is 16.1. The second kappa shape index (κ2) is 23.7. The van der Waals surface area contributed by atoms with Gasteiger partial charge < -0.3 is 35.2 Å². The van der Waals surface area contributed by atoms with Crippen LogP contribution in [0.5, 0.6) is 0 Å². The molecule has 5 aromatic rings. The molecule has 1 fully saturated rings. The van der Waals surface area contributed by atoms with E-state index in [9.17, 15) is 28.8 Å². The van der Waals surface area contributed by atoms with Gasteiger partial charge >= 0.3 is 51.4 Å². The fraction of sp³-hybridized carbons (Fsp3) is 0.318. The Kier molecular flexibility index (Phi) is 21.6. The molecule has 0 bridgehead atoms. The van der Waals surface area contributed by atoms with Crippen molar-refractivity contribution in [2.24, 2.45) is 0 Å². The number of aromatic nitrogens is 6. The van der Waals surface area contributed by atoms with Crippen LogP contribution in [0.2, 0.25) is 0 Å². The number of carbonyl (C=O) groups excluding carboxylic acids is 4. The quantitative estimate of drug-likeness (QED) is 0.0768. The van der Waals surface area contributed by atoms with Gasteiger partial charge in [-0.25, -0.2) is 9.97 Å². The number of benzene rings is 2. The number of imidazole rings is 2. The number of nitrogens with zero attached hydrogens (tertiary/aromatic N) is 3. The molecular weight excluding hydrogens is 1040 g/mol. The third kappa shape index (κ3) is 15.0. The molecule has 0 saturated carbocycles. The number of aryl methyl sites for hydroxylation is 3. The third-order valence-electron chi connectivity index (χ3n) is 9.43. The molecule has 0 radical (unpaired) electrons. The van der Waals surface area contributed by atoms with Crippen LogP contribution in [0.15, 0.2) is 64.3 Å². The normalized spacial score (nSPS) is 13.7. The fourth-order valence-electron chi connectivity index (χ4n) is 5.88. The van der Waals surface area contributed by atoms with Crippen LogP contribution in [0.1, 0.15) is 109 Å². The maximum absolute atomic E-state index is 12.5. The number of hydrogen-bond acceptors (Lipinski definition) is 8. The van der Waals surface area contributed by atoms with Crippen molar-refractivity contribution < 1.29 is 102 Å². The first-order chi connectivity index (χ1) is 27.1. The molecule has 0 atom stereocenters. The van der Waals surface area contributed by atoms with Gasteiger partial charge in [0.25, 0.3) is 17.0 Å². The Morgan fingerprint density at radius 1 is 0.738 bits per heavy atom. The first-order valence-electron chi connectivity index (χ1n) is 18.7. The molecule has 316 valence electrons. The Labute approximate surface area is 425 Å². The van der Waals surface area contributed by atoms with E-state index in [0.29, 0.717) is 11.4 Å².